The Kier molecular flexibility index (Phi) is 2.84. The van der Waals surface area contributed by atoms with Gasteiger partial charge in [-0.25, -0.2) is 0 Å². The highest BCUT2D eigenvalue weighted by atomic mass is 15.3. The average molecular weight is 194 g/mol. The standard InChI is InChI=1S/C10H18N4/c1-3-14(10-6-11-7-10)8-9-4-5-12-13(9)2/h4-5,10-11H,3,6-8H2,1-2H3. The molecule has 1 fully saturated rings. The van der Waals surface area contributed by atoms with Gasteiger partial charge in [0.1, 0.15) is 0 Å². The van der Waals surface area contributed by atoms with Gasteiger partial charge in [0.25, 0.3) is 0 Å². The van der Waals surface area contributed by atoms with Gasteiger partial charge in [-0.3, -0.25) is 9.58 Å². The Hall–Kier alpha value is -0.870. The molecule has 0 radical (unpaired) electrons. The normalized spacial score (nSPS) is 17.4. The average Bonchev–Trinajstić information content (AvgIpc) is 2.47. The van der Waals surface area contributed by atoms with E-state index in [4.69, 9.17) is 0 Å². The molecule has 0 amide bonds. The van der Waals surface area contributed by atoms with Gasteiger partial charge in [0.15, 0.2) is 0 Å². The van der Waals surface area contributed by atoms with E-state index in [0.717, 1.165) is 32.2 Å². The van der Waals surface area contributed by atoms with Crippen LogP contribution in [0.3, 0.4) is 0 Å². The highest BCUT2D eigenvalue weighted by Gasteiger charge is 2.23. The Morgan fingerprint density at radius 3 is 2.86 bits per heavy atom. The molecular formula is C10H18N4. The fourth-order valence-corrected chi connectivity index (χ4v) is 1.80. The minimum Gasteiger partial charge on any atom is -0.314 e. The Morgan fingerprint density at radius 2 is 2.43 bits per heavy atom. The number of aryl methyl sites for hydroxylation is 1. The minimum absolute atomic E-state index is 0.717. The third-order valence-electron chi connectivity index (χ3n) is 2.97. The van der Waals surface area contributed by atoms with Crippen LogP contribution in [0.25, 0.3) is 0 Å². The quantitative estimate of drug-likeness (QED) is 0.744. The summed E-state index contributed by atoms with van der Waals surface area (Å²) in [6, 6.07) is 2.81. The molecule has 14 heavy (non-hydrogen) atoms. The fraction of sp³-hybridized carbons (Fsp3) is 0.700. The second kappa shape index (κ2) is 4.11. The summed E-state index contributed by atoms with van der Waals surface area (Å²) in [5.41, 5.74) is 1.29. The zero-order chi connectivity index (χ0) is 9.97. The first-order valence-corrected chi connectivity index (χ1v) is 5.23. The molecule has 1 aliphatic heterocycles. The van der Waals surface area contributed by atoms with Crippen molar-refractivity contribution in [2.24, 2.45) is 7.05 Å². The molecule has 0 bridgehead atoms. The van der Waals surface area contributed by atoms with Gasteiger partial charge in [0, 0.05) is 38.9 Å². The van der Waals surface area contributed by atoms with Crippen molar-refractivity contribution < 1.29 is 0 Å². The zero-order valence-corrected chi connectivity index (χ0v) is 8.90. The second-order valence-electron chi connectivity index (χ2n) is 3.82. The molecule has 4 nitrogen and oxygen atoms in total. The molecule has 78 valence electrons. The van der Waals surface area contributed by atoms with Crippen molar-refractivity contribution in [3.63, 3.8) is 0 Å². The van der Waals surface area contributed by atoms with E-state index >= 15 is 0 Å². The number of nitrogens with zero attached hydrogens (tertiary/aromatic N) is 3. The molecule has 1 aliphatic rings. The predicted molar refractivity (Wildman–Crippen MR) is 55.9 cm³/mol. The SMILES string of the molecule is CCN(Cc1ccnn1C)C1CNC1. The third kappa shape index (κ3) is 1.81. The summed E-state index contributed by atoms with van der Waals surface area (Å²) in [6.45, 7) is 6.60. The van der Waals surface area contributed by atoms with Crippen molar-refractivity contribution in [2.45, 2.75) is 19.5 Å². The van der Waals surface area contributed by atoms with E-state index in [1.807, 2.05) is 17.9 Å². The second-order valence-corrected chi connectivity index (χ2v) is 3.82. The first kappa shape index (κ1) is 9.68. The molecule has 1 aromatic heterocycles. The predicted octanol–water partition coefficient (Wildman–Crippen LogP) is 0.214. The summed E-state index contributed by atoms with van der Waals surface area (Å²) in [6.07, 6.45) is 1.86. The lowest BCUT2D eigenvalue weighted by molar-refractivity contribution is 0.142. The maximum Gasteiger partial charge on any atom is 0.0521 e. The number of hydrogen-bond donors (Lipinski definition) is 1. The van der Waals surface area contributed by atoms with Crippen LogP contribution in [0, 0.1) is 0 Å². The highest BCUT2D eigenvalue weighted by molar-refractivity contribution is 5.01. The monoisotopic (exact) mass is 194 g/mol. The van der Waals surface area contributed by atoms with E-state index in [1.165, 1.54) is 5.69 Å². The van der Waals surface area contributed by atoms with Crippen LogP contribution in [-0.4, -0.2) is 40.4 Å². The maximum atomic E-state index is 4.18. The lowest BCUT2D eigenvalue weighted by Crippen LogP contribution is -2.56. The Morgan fingerprint density at radius 1 is 1.64 bits per heavy atom. The van der Waals surface area contributed by atoms with Crippen LogP contribution in [0.15, 0.2) is 12.3 Å². The zero-order valence-electron chi connectivity index (χ0n) is 8.90. The van der Waals surface area contributed by atoms with E-state index in [0.29, 0.717) is 0 Å². The Bertz CT molecular complexity index is 290. The molecule has 4 heteroatoms. The van der Waals surface area contributed by atoms with Gasteiger partial charge in [0.05, 0.1) is 5.69 Å². The van der Waals surface area contributed by atoms with Gasteiger partial charge in [-0.05, 0) is 12.6 Å². The van der Waals surface area contributed by atoms with E-state index in [1.54, 1.807) is 0 Å². The van der Waals surface area contributed by atoms with Crippen molar-refractivity contribution in [1.29, 1.82) is 0 Å². The molecule has 1 N–H and O–H groups in total. The maximum absolute atomic E-state index is 4.18. The minimum atomic E-state index is 0.717. The lowest BCUT2D eigenvalue weighted by Gasteiger charge is -2.37. The van der Waals surface area contributed by atoms with Crippen molar-refractivity contribution in [3.8, 4) is 0 Å². The molecule has 0 aromatic carbocycles. The van der Waals surface area contributed by atoms with Gasteiger partial charge in [-0.2, -0.15) is 5.10 Å². The summed E-state index contributed by atoms with van der Waals surface area (Å²) in [4.78, 5) is 2.49. The van der Waals surface area contributed by atoms with Crippen LogP contribution in [-0.2, 0) is 13.6 Å². The first-order chi connectivity index (χ1) is 6.81. The summed E-state index contributed by atoms with van der Waals surface area (Å²) in [5.74, 6) is 0. The van der Waals surface area contributed by atoms with Crippen LogP contribution >= 0.6 is 0 Å². The molecule has 0 aliphatic carbocycles. The van der Waals surface area contributed by atoms with E-state index in [2.05, 4.69) is 28.3 Å². The topological polar surface area (TPSA) is 33.1 Å². The number of aromatic nitrogens is 2. The molecular weight excluding hydrogens is 176 g/mol. The summed E-state index contributed by atoms with van der Waals surface area (Å²) < 4.78 is 1.95. The summed E-state index contributed by atoms with van der Waals surface area (Å²) >= 11 is 0. The Balaban J connectivity index is 1.97. The molecule has 1 saturated heterocycles. The molecule has 2 rings (SSSR count). The van der Waals surface area contributed by atoms with Crippen molar-refractivity contribution >= 4 is 0 Å². The molecule has 0 unspecified atom stereocenters. The third-order valence-corrected chi connectivity index (χ3v) is 2.97. The number of likely N-dealkylation sites (N-methyl/N-ethyl adjacent to an activating group) is 1. The lowest BCUT2D eigenvalue weighted by atomic mass is 10.1. The van der Waals surface area contributed by atoms with Gasteiger partial charge < -0.3 is 5.32 Å². The highest BCUT2D eigenvalue weighted by Crippen LogP contribution is 2.09. The largest absolute Gasteiger partial charge is 0.314 e. The van der Waals surface area contributed by atoms with E-state index in [-0.39, 0.29) is 0 Å². The van der Waals surface area contributed by atoms with Gasteiger partial charge in [-0.1, -0.05) is 6.92 Å². The fourth-order valence-electron chi connectivity index (χ4n) is 1.80. The summed E-state index contributed by atoms with van der Waals surface area (Å²) in [5, 5.41) is 7.49. The number of nitrogens with one attached hydrogen (secondary N) is 1. The van der Waals surface area contributed by atoms with Crippen LogP contribution in [0.5, 0.6) is 0 Å². The van der Waals surface area contributed by atoms with E-state index < -0.39 is 0 Å². The van der Waals surface area contributed by atoms with Crippen molar-refractivity contribution in [3.05, 3.63) is 18.0 Å². The number of hydrogen-bond acceptors (Lipinski definition) is 3. The van der Waals surface area contributed by atoms with Gasteiger partial charge in [0.2, 0.25) is 0 Å². The molecule has 0 saturated carbocycles. The first-order valence-electron chi connectivity index (χ1n) is 5.23. The van der Waals surface area contributed by atoms with Crippen LogP contribution in [0.1, 0.15) is 12.6 Å². The van der Waals surface area contributed by atoms with E-state index in [9.17, 15) is 0 Å². The van der Waals surface area contributed by atoms with Gasteiger partial charge in [-0.15, -0.1) is 0 Å². The number of rotatable bonds is 4. The smallest absolute Gasteiger partial charge is 0.0521 e. The van der Waals surface area contributed by atoms with Crippen LogP contribution < -0.4 is 5.32 Å². The Labute approximate surface area is 84.9 Å². The van der Waals surface area contributed by atoms with Crippen molar-refractivity contribution in [2.75, 3.05) is 19.6 Å². The van der Waals surface area contributed by atoms with Crippen molar-refractivity contribution in [1.82, 2.24) is 20.0 Å². The molecule has 0 atom stereocenters. The van der Waals surface area contributed by atoms with Crippen LogP contribution in [0.4, 0.5) is 0 Å². The summed E-state index contributed by atoms with van der Waals surface area (Å²) in [7, 11) is 2.00. The van der Waals surface area contributed by atoms with Gasteiger partial charge >= 0.3 is 0 Å². The molecule has 1 aromatic rings. The molecule has 0 spiro atoms. The molecule has 2 heterocycles. The van der Waals surface area contributed by atoms with Crippen LogP contribution in [0.2, 0.25) is 0 Å².